The van der Waals surface area contributed by atoms with Gasteiger partial charge in [0.1, 0.15) is 18.1 Å². The number of alkyl carbamates (subject to hydrolysis) is 1. The Balaban J connectivity index is 1.23. The zero-order chi connectivity index (χ0) is 23.0. The fourth-order valence-electron chi connectivity index (χ4n) is 5.02. The van der Waals surface area contributed by atoms with Crippen molar-refractivity contribution in [2.75, 3.05) is 19.8 Å². The van der Waals surface area contributed by atoms with Crippen LogP contribution >= 0.6 is 0 Å². The van der Waals surface area contributed by atoms with Crippen LogP contribution in [0.4, 0.5) is 4.79 Å². The number of ether oxygens (including phenoxy) is 2. The van der Waals surface area contributed by atoms with Gasteiger partial charge in [0.25, 0.3) is 0 Å². The second-order valence-corrected chi connectivity index (χ2v) is 8.95. The van der Waals surface area contributed by atoms with Gasteiger partial charge in [-0.05, 0) is 41.5 Å². The number of fused-ring (bicyclic) bond motifs is 3. The van der Waals surface area contributed by atoms with Crippen LogP contribution in [-0.2, 0) is 19.1 Å². The first-order chi connectivity index (χ1) is 16.0. The molecule has 8 heteroatoms. The lowest BCUT2D eigenvalue weighted by atomic mass is 9.75. The van der Waals surface area contributed by atoms with Gasteiger partial charge in [-0.2, -0.15) is 0 Å². The number of amides is 2. The largest absolute Gasteiger partial charge is 0.481 e. The molecule has 2 atom stereocenters. The zero-order valence-corrected chi connectivity index (χ0v) is 18.1. The molecular formula is C25H26N2O6. The highest BCUT2D eigenvalue weighted by Crippen LogP contribution is 2.44. The fraction of sp³-hybridized carbons (Fsp3) is 0.400. The van der Waals surface area contributed by atoms with Crippen molar-refractivity contribution in [3.05, 3.63) is 59.7 Å². The molecule has 1 aliphatic heterocycles. The summed E-state index contributed by atoms with van der Waals surface area (Å²) >= 11 is 0. The van der Waals surface area contributed by atoms with E-state index >= 15 is 0 Å². The van der Waals surface area contributed by atoms with Crippen molar-refractivity contribution < 1.29 is 29.0 Å². The number of hydrogen-bond donors (Lipinski definition) is 3. The maximum absolute atomic E-state index is 13.0. The highest BCUT2D eigenvalue weighted by Gasteiger charge is 2.48. The van der Waals surface area contributed by atoms with Gasteiger partial charge in [-0.25, -0.2) is 4.79 Å². The number of hydrogen-bond acceptors (Lipinski definition) is 5. The molecule has 2 aromatic carbocycles. The van der Waals surface area contributed by atoms with Gasteiger partial charge in [0, 0.05) is 5.92 Å². The number of benzene rings is 2. The minimum absolute atomic E-state index is 0.0626. The summed E-state index contributed by atoms with van der Waals surface area (Å²) in [6, 6.07) is 15.6. The Bertz CT molecular complexity index is 1050. The van der Waals surface area contributed by atoms with Gasteiger partial charge in [0.05, 0.1) is 19.3 Å². The molecule has 5 rings (SSSR count). The van der Waals surface area contributed by atoms with Crippen molar-refractivity contribution in [2.45, 2.75) is 36.8 Å². The van der Waals surface area contributed by atoms with E-state index in [2.05, 4.69) is 22.8 Å². The molecule has 1 saturated carbocycles. The molecule has 2 aliphatic carbocycles. The smallest absolute Gasteiger partial charge is 0.408 e. The van der Waals surface area contributed by atoms with Crippen molar-refractivity contribution >= 4 is 18.0 Å². The SMILES string of the molecule is O=C(NC1(C(=O)NC2COCC2C(=O)O)CCC1)OCC1c2ccccc2-c2ccccc21. The predicted molar refractivity (Wildman–Crippen MR) is 119 cm³/mol. The number of carboxylic acid groups (broad SMARTS) is 1. The van der Waals surface area contributed by atoms with Crippen molar-refractivity contribution in [1.29, 1.82) is 0 Å². The van der Waals surface area contributed by atoms with Gasteiger partial charge in [0.2, 0.25) is 5.91 Å². The second kappa shape index (κ2) is 8.51. The standard InChI is InChI=1S/C25H26N2O6/c28-22(29)20-12-32-14-21(20)26-23(30)25(10-5-11-25)27-24(31)33-13-19-17-8-3-1-6-15(17)16-7-2-4-9-18(16)19/h1-4,6-9,19-21H,5,10-14H2,(H,26,30)(H,27,31)(H,28,29). The second-order valence-electron chi connectivity index (χ2n) is 8.95. The lowest BCUT2D eigenvalue weighted by molar-refractivity contribution is -0.142. The first kappa shape index (κ1) is 21.5. The van der Waals surface area contributed by atoms with Crippen LogP contribution in [0.2, 0.25) is 0 Å². The Hall–Kier alpha value is -3.39. The molecule has 1 saturated heterocycles. The summed E-state index contributed by atoms with van der Waals surface area (Å²) in [6.07, 6.45) is 1.10. The molecule has 2 fully saturated rings. The number of carboxylic acids is 1. The van der Waals surface area contributed by atoms with Crippen molar-refractivity contribution in [1.82, 2.24) is 10.6 Å². The molecule has 2 aromatic rings. The number of aliphatic carboxylic acids is 1. The normalized spacial score (nSPS) is 22.5. The average molecular weight is 450 g/mol. The summed E-state index contributed by atoms with van der Waals surface area (Å²) in [4.78, 5) is 37.0. The molecular weight excluding hydrogens is 424 g/mol. The number of rotatable bonds is 6. The molecule has 172 valence electrons. The van der Waals surface area contributed by atoms with E-state index in [1.165, 1.54) is 0 Å². The van der Waals surface area contributed by atoms with E-state index < -0.39 is 29.6 Å². The quantitative estimate of drug-likeness (QED) is 0.624. The molecule has 8 nitrogen and oxygen atoms in total. The Morgan fingerprint density at radius 1 is 1.00 bits per heavy atom. The molecule has 2 amide bonds. The van der Waals surface area contributed by atoms with E-state index in [1.807, 2.05) is 36.4 Å². The monoisotopic (exact) mass is 450 g/mol. The Morgan fingerprint density at radius 2 is 1.64 bits per heavy atom. The lowest BCUT2D eigenvalue weighted by Gasteiger charge is -2.41. The summed E-state index contributed by atoms with van der Waals surface area (Å²) in [5.74, 6) is -2.25. The fourth-order valence-corrected chi connectivity index (χ4v) is 5.02. The molecule has 1 heterocycles. The Morgan fingerprint density at radius 3 is 2.21 bits per heavy atom. The summed E-state index contributed by atoms with van der Waals surface area (Å²) in [7, 11) is 0. The third-order valence-corrected chi connectivity index (χ3v) is 7.04. The third kappa shape index (κ3) is 3.84. The van der Waals surface area contributed by atoms with Crippen LogP contribution in [0.1, 0.15) is 36.3 Å². The first-order valence-corrected chi connectivity index (χ1v) is 11.2. The van der Waals surface area contributed by atoms with E-state index in [0.717, 1.165) is 28.7 Å². The van der Waals surface area contributed by atoms with Gasteiger partial charge < -0.3 is 25.2 Å². The van der Waals surface area contributed by atoms with Crippen LogP contribution < -0.4 is 10.6 Å². The van der Waals surface area contributed by atoms with Gasteiger partial charge in [-0.15, -0.1) is 0 Å². The highest BCUT2D eigenvalue weighted by atomic mass is 16.5. The lowest BCUT2D eigenvalue weighted by Crippen LogP contribution is -2.64. The number of carbonyl (C=O) groups excluding carboxylic acids is 2. The van der Waals surface area contributed by atoms with Gasteiger partial charge in [0.15, 0.2) is 0 Å². The highest BCUT2D eigenvalue weighted by molar-refractivity contribution is 5.91. The van der Waals surface area contributed by atoms with Gasteiger partial charge in [-0.3, -0.25) is 9.59 Å². The summed E-state index contributed by atoms with van der Waals surface area (Å²) in [5.41, 5.74) is 3.44. The Labute approximate surface area is 191 Å². The first-order valence-electron chi connectivity index (χ1n) is 11.2. The number of carbonyl (C=O) groups is 3. The third-order valence-electron chi connectivity index (χ3n) is 7.04. The molecule has 0 aromatic heterocycles. The summed E-state index contributed by atoms with van der Waals surface area (Å²) in [5, 5.41) is 14.8. The van der Waals surface area contributed by atoms with Crippen LogP contribution in [0.25, 0.3) is 11.1 Å². The molecule has 0 radical (unpaired) electrons. The van der Waals surface area contributed by atoms with Crippen LogP contribution in [0.3, 0.4) is 0 Å². The molecule has 0 spiro atoms. The molecule has 0 bridgehead atoms. The minimum Gasteiger partial charge on any atom is -0.481 e. The molecule has 3 N–H and O–H groups in total. The number of nitrogens with one attached hydrogen (secondary N) is 2. The Kier molecular flexibility index (Phi) is 5.54. The van der Waals surface area contributed by atoms with E-state index in [4.69, 9.17) is 9.47 Å². The predicted octanol–water partition coefficient (Wildman–Crippen LogP) is 2.66. The summed E-state index contributed by atoms with van der Waals surface area (Å²) < 4.78 is 10.8. The minimum atomic E-state index is -1.08. The van der Waals surface area contributed by atoms with Gasteiger partial charge >= 0.3 is 12.1 Å². The van der Waals surface area contributed by atoms with Crippen molar-refractivity contribution in [3.8, 4) is 11.1 Å². The van der Waals surface area contributed by atoms with Crippen LogP contribution in [0, 0.1) is 5.92 Å². The van der Waals surface area contributed by atoms with Crippen LogP contribution in [0.15, 0.2) is 48.5 Å². The summed E-state index contributed by atoms with van der Waals surface area (Å²) in [6.45, 7) is 0.367. The van der Waals surface area contributed by atoms with Crippen LogP contribution in [-0.4, -0.2) is 54.5 Å². The van der Waals surface area contributed by atoms with Crippen molar-refractivity contribution in [3.63, 3.8) is 0 Å². The average Bonchev–Trinajstić information content (AvgIpc) is 3.37. The molecule has 33 heavy (non-hydrogen) atoms. The van der Waals surface area contributed by atoms with Crippen molar-refractivity contribution in [2.24, 2.45) is 5.92 Å². The molecule has 2 unspecified atom stereocenters. The van der Waals surface area contributed by atoms with E-state index in [0.29, 0.717) is 12.8 Å². The zero-order valence-electron chi connectivity index (χ0n) is 18.1. The van der Waals surface area contributed by atoms with Crippen LogP contribution in [0.5, 0.6) is 0 Å². The van der Waals surface area contributed by atoms with E-state index in [1.54, 1.807) is 0 Å². The molecule has 3 aliphatic rings. The van der Waals surface area contributed by atoms with E-state index in [9.17, 15) is 19.5 Å². The van der Waals surface area contributed by atoms with Gasteiger partial charge in [-0.1, -0.05) is 48.5 Å². The maximum Gasteiger partial charge on any atom is 0.408 e. The topological polar surface area (TPSA) is 114 Å². The van der Waals surface area contributed by atoms with E-state index in [-0.39, 0.29) is 31.6 Å². The maximum atomic E-state index is 13.0.